The van der Waals surface area contributed by atoms with Crippen LogP contribution in [0.2, 0.25) is 0 Å². The third kappa shape index (κ3) is 5.89. The van der Waals surface area contributed by atoms with Gasteiger partial charge in [0.1, 0.15) is 5.60 Å². The lowest BCUT2D eigenvalue weighted by Crippen LogP contribution is -2.14. The molecule has 0 aromatic heterocycles. The average Bonchev–Trinajstić information content (AvgIpc) is 3.62. The summed E-state index contributed by atoms with van der Waals surface area (Å²) >= 11 is 0. The zero-order valence-corrected chi connectivity index (χ0v) is 17.7. The Morgan fingerprint density at radius 1 is 0.933 bits per heavy atom. The number of phenolic OH excluding ortho intramolecular Hbond substituents is 2. The highest BCUT2D eigenvalue weighted by atomic mass is 16.5. The number of rotatable bonds is 15. The molecule has 0 aliphatic heterocycles. The average molecular weight is 419 g/mol. The van der Waals surface area contributed by atoms with Gasteiger partial charge in [0, 0.05) is 0 Å². The summed E-state index contributed by atoms with van der Waals surface area (Å²) in [6.07, 6.45) is 12.4. The Morgan fingerprint density at radius 2 is 1.60 bits per heavy atom. The predicted octanol–water partition coefficient (Wildman–Crippen LogP) is 4.87. The number of unbranched alkanes of at least 4 members (excludes halogenated alkanes) is 4. The van der Waals surface area contributed by atoms with E-state index in [-0.39, 0.29) is 17.1 Å². The predicted molar refractivity (Wildman–Crippen MR) is 113 cm³/mol. The number of aliphatic carboxylic acids is 1. The lowest BCUT2D eigenvalue weighted by atomic mass is 9.96. The third-order valence-corrected chi connectivity index (χ3v) is 6.84. The molecule has 6 nitrogen and oxygen atoms in total. The van der Waals surface area contributed by atoms with Crippen molar-refractivity contribution in [3.63, 3.8) is 0 Å². The molecule has 1 aromatic rings. The van der Waals surface area contributed by atoms with Crippen LogP contribution in [0.25, 0.3) is 0 Å². The van der Waals surface area contributed by atoms with Crippen molar-refractivity contribution < 1.29 is 29.6 Å². The zero-order valence-electron chi connectivity index (χ0n) is 17.7. The second-order valence-electron chi connectivity index (χ2n) is 9.23. The third-order valence-electron chi connectivity index (χ3n) is 6.84. The number of carbonyl (C=O) groups excluding carboxylic acids is 1. The van der Waals surface area contributed by atoms with Crippen LogP contribution in [-0.4, -0.2) is 33.4 Å². The van der Waals surface area contributed by atoms with Crippen LogP contribution < -0.4 is 0 Å². The SMILES string of the molecule is O=COC1(CCCCc2cc(CCCCCCC3(C(=O)O)CC3)cc(O)c2O)CC1. The fraction of sp³-hybridized carbons (Fsp3) is 0.667. The summed E-state index contributed by atoms with van der Waals surface area (Å²) in [6.45, 7) is 0.538. The van der Waals surface area contributed by atoms with Gasteiger partial charge in [-0.25, -0.2) is 0 Å². The summed E-state index contributed by atoms with van der Waals surface area (Å²) < 4.78 is 5.16. The largest absolute Gasteiger partial charge is 0.504 e. The van der Waals surface area contributed by atoms with E-state index in [1.54, 1.807) is 6.07 Å². The van der Waals surface area contributed by atoms with Crippen LogP contribution in [0.3, 0.4) is 0 Å². The highest BCUT2D eigenvalue weighted by molar-refractivity contribution is 5.77. The van der Waals surface area contributed by atoms with E-state index >= 15 is 0 Å². The van der Waals surface area contributed by atoms with E-state index in [1.165, 1.54) is 0 Å². The van der Waals surface area contributed by atoms with Gasteiger partial charge in [-0.3, -0.25) is 9.59 Å². The van der Waals surface area contributed by atoms with Gasteiger partial charge in [-0.05, 0) is 87.8 Å². The first kappa shape index (κ1) is 22.4. The molecule has 0 unspecified atom stereocenters. The number of phenols is 2. The van der Waals surface area contributed by atoms with Gasteiger partial charge in [-0.15, -0.1) is 0 Å². The van der Waals surface area contributed by atoms with Crippen LogP contribution in [0.4, 0.5) is 0 Å². The van der Waals surface area contributed by atoms with E-state index in [2.05, 4.69) is 0 Å². The number of aromatic hydroxyl groups is 2. The van der Waals surface area contributed by atoms with Gasteiger partial charge in [0.15, 0.2) is 11.5 Å². The van der Waals surface area contributed by atoms with Crippen LogP contribution in [-0.2, 0) is 27.2 Å². The molecule has 30 heavy (non-hydrogen) atoms. The van der Waals surface area contributed by atoms with Gasteiger partial charge in [0.05, 0.1) is 5.41 Å². The van der Waals surface area contributed by atoms with Gasteiger partial charge in [0.25, 0.3) is 6.47 Å². The summed E-state index contributed by atoms with van der Waals surface area (Å²) in [5, 5.41) is 29.5. The molecule has 2 aliphatic carbocycles. The number of carbonyl (C=O) groups is 2. The molecule has 1 aromatic carbocycles. The topological polar surface area (TPSA) is 104 Å². The fourth-order valence-corrected chi connectivity index (χ4v) is 4.38. The van der Waals surface area contributed by atoms with E-state index in [0.717, 1.165) is 94.6 Å². The fourth-order valence-electron chi connectivity index (χ4n) is 4.38. The Morgan fingerprint density at radius 3 is 2.23 bits per heavy atom. The van der Waals surface area contributed by atoms with Crippen LogP contribution in [0, 0.1) is 5.41 Å². The van der Waals surface area contributed by atoms with Crippen LogP contribution in [0.1, 0.15) is 88.2 Å². The van der Waals surface area contributed by atoms with Crippen molar-refractivity contribution in [1.29, 1.82) is 0 Å². The van der Waals surface area contributed by atoms with Crippen molar-refractivity contribution in [1.82, 2.24) is 0 Å². The number of hydrogen-bond acceptors (Lipinski definition) is 5. The molecule has 0 amide bonds. The smallest absolute Gasteiger partial charge is 0.309 e. The highest BCUT2D eigenvalue weighted by Gasteiger charge is 2.49. The van der Waals surface area contributed by atoms with Crippen LogP contribution in [0.15, 0.2) is 12.1 Å². The van der Waals surface area contributed by atoms with E-state index in [9.17, 15) is 24.9 Å². The van der Waals surface area contributed by atoms with Gasteiger partial charge in [-0.2, -0.15) is 0 Å². The molecule has 0 radical (unpaired) electrons. The molecule has 2 saturated carbocycles. The van der Waals surface area contributed by atoms with Crippen molar-refractivity contribution >= 4 is 12.4 Å². The molecule has 0 spiro atoms. The number of carboxylic acids is 1. The van der Waals surface area contributed by atoms with Crippen molar-refractivity contribution in [2.24, 2.45) is 5.41 Å². The molecule has 0 saturated heterocycles. The second kappa shape index (κ2) is 9.71. The van der Waals surface area contributed by atoms with E-state index in [1.807, 2.05) is 6.07 Å². The lowest BCUT2D eigenvalue weighted by molar-refractivity contribution is -0.143. The standard InChI is InChI=1S/C24H34O6/c25-17-30-24(13-14-24)10-6-4-8-19-15-18(16-20(26)21(19)27)7-3-1-2-5-9-23(11-12-23)22(28)29/h15-17,26-27H,1-14H2,(H,28,29). The number of aryl methyl sites for hydroxylation is 2. The maximum atomic E-state index is 11.2. The monoisotopic (exact) mass is 418 g/mol. The lowest BCUT2D eigenvalue weighted by Gasteiger charge is -2.13. The van der Waals surface area contributed by atoms with Gasteiger partial charge in [0.2, 0.25) is 0 Å². The molecule has 0 bridgehead atoms. The molecule has 0 heterocycles. The van der Waals surface area contributed by atoms with E-state index in [4.69, 9.17) is 4.74 Å². The maximum Gasteiger partial charge on any atom is 0.309 e. The molecule has 0 atom stereocenters. The molecule has 166 valence electrons. The van der Waals surface area contributed by atoms with Crippen molar-refractivity contribution in [2.45, 2.75) is 95.5 Å². The van der Waals surface area contributed by atoms with Crippen molar-refractivity contribution in [2.75, 3.05) is 0 Å². The normalized spacial score (nSPS) is 18.0. The Bertz CT molecular complexity index is 748. The molecule has 2 aliphatic rings. The molecular weight excluding hydrogens is 384 g/mol. The number of hydrogen-bond donors (Lipinski definition) is 3. The van der Waals surface area contributed by atoms with Gasteiger partial charge >= 0.3 is 5.97 Å². The van der Waals surface area contributed by atoms with E-state index < -0.39 is 11.4 Å². The van der Waals surface area contributed by atoms with Gasteiger partial charge < -0.3 is 20.1 Å². The van der Waals surface area contributed by atoms with Crippen molar-refractivity contribution in [3.8, 4) is 11.5 Å². The van der Waals surface area contributed by atoms with Crippen molar-refractivity contribution in [3.05, 3.63) is 23.3 Å². The molecule has 6 heteroatoms. The summed E-state index contributed by atoms with van der Waals surface area (Å²) in [5.74, 6) is -0.742. The molecule has 3 N–H and O–H groups in total. The summed E-state index contributed by atoms with van der Waals surface area (Å²) in [6, 6.07) is 3.62. The molecule has 2 fully saturated rings. The quantitative estimate of drug-likeness (QED) is 0.213. The highest BCUT2D eigenvalue weighted by Crippen LogP contribution is 2.50. The Balaban J connectivity index is 1.37. The zero-order chi connectivity index (χ0) is 21.6. The first-order valence-corrected chi connectivity index (χ1v) is 11.3. The van der Waals surface area contributed by atoms with Crippen LogP contribution in [0.5, 0.6) is 11.5 Å². The van der Waals surface area contributed by atoms with E-state index in [0.29, 0.717) is 12.9 Å². The summed E-state index contributed by atoms with van der Waals surface area (Å²) in [5.41, 5.74) is 1.13. The summed E-state index contributed by atoms with van der Waals surface area (Å²) in [4.78, 5) is 21.7. The Hall–Kier alpha value is -2.24. The minimum Gasteiger partial charge on any atom is -0.504 e. The van der Waals surface area contributed by atoms with Gasteiger partial charge in [-0.1, -0.05) is 25.3 Å². The number of ether oxygens (including phenoxy) is 1. The molecule has 3 rings (SSSR count). The Kier molecular flexibility index (Phi) is 7.27. The first-order chi connectivity index (χ1) is 14.4. The van der Waals surface area contributed by atoms with Crippen LogP contribution >= 0.6 is 0 Å². The first-order valence-electron chi connectivity index (χ1n) is 11.3. The second-order valence-corrected chi connectivity index (χ2v) is 9.23. The Labute approximate surface area is 178 Å². The number of benzene rings is 1. The minimum absolute atomic E-state index is 0.0348. The maximum absolute atomic E-state index is 11.2. The molecular formula is C24H34O6. The number of carboxylic acid groups (broad SMARTS) is 1. The minimum atomic E-state index is -0.641. The summed E-state index contributed by atoms with van der Waals surface area (Å²) in [7, 11) is 0.